The Morgan fingerprint density at radius 3 is 2.65 bits per heavy atom. The van der Waals surface area contributed by atoms with Crippen LogP contribution in [-0.4, -0.2) is 54.2 Å². The van der Waals surface area contributed by atoms with E-state index in [-0.39, 0.29) is 24.0 Å². The average Bonchev–Trinajstić information content (AvgIpc) is 3.05. The minimum absolute atomic E-state index is 0.0119. The van der Waals surface area contributed by atoms with E-state index in [1.807, 2.05) is 24.3 Å². The Morgan fingerprint density at radius 1 is 1.31 bits per heavy atom. The zero-order valence-corrected chi connectivity index (χ0v) is 15.8. The SMILES string of the molecule is COc1ccc(CCC(=O)N2CCS(=O)(=O)C[C@H]2c2cnn(C)c2)cc1. The summed E-state index contributed by atoms with van der Waals surface area (Å²) in [5, 5.41) is 4.12. The van der Waals surface area contributed by atoms with Crippen LogP contribution in [0.25, 0.3) is 0 Å². The first kappa shape index (κ1) is 18.4. The molecule has 0 saturated carbocycles. The fraction of sp³-hybridized carbons (Fsp3) is 0.444. The molecule has 0 aliphatic carbocycles. The van der Waals surface area contributed by atoms with Gasteiger partial charge in [-0.2, -0.15) is 5.10 Å². The number of hydrogen-bond donors (Lipinski definition) is 0. The van der Waals surface area contributed by atoms with E-state index in [0.29, 0.717) is 12.8 Å². The van der Waals surface area contributed by atoms with Crippen LogP contribution in [0.2, 0.25) is 0 Å². The van der Waals surface area contributed by atoms with E-state index in [0.717, 1.165) is 16.9 Å². The van der Waals surface area contributed by atoms with Gasteiger partial charge >= 0.3 is 0 Å². The number of aryl methyl sites for hydroxylation is 2. The van der Waals surface area contributed by atoms with E-state index in [4.69, 9.17) is 4.74 Å². The summed E-state index contributed by atoms with van der Waals surface area (Å²) in [6.45, 7) is 0.226. The molecule has 140 valence electrons. The van der Waals surface area contributed by atoms with Crippen LogP contribution in [0.3, 0.4) is 0 Å². The maximum absolute atomic E-state index is 12.8. The van der Waals surface area contributed by atoms with Crippen LogP contribution >= 0.6 is 0 Å². The molecule has 3 rings (SSSR count). The van der Waals surface area contributed by atoms with Crippen molar-refractivity contribution in [3.8, 4) is 5.75 Å². The van der Waals surface area contributed by atoms with Gasteiger partial charge in [0.25, 0.3) is 0 Å². The lowest BCUT2D eigenvalue weighted by Crippen LogP contribution is -2.46. The van der Waals surface area contributed by atoms with Gasteiger partial charge in [-0.1, -0.05) is 12.1 Å². The Morgan fingerprint density at radius 2 is 2.04 bits per heavy atom. The summed E-state index contributed by atoms with van der Waals surface area (Å²) in [7, 11) is 0.230. The summed E-state index contributed by atoms with van der Waals surface area (Å²) >= 11 is 0. The van der Waals surface area contributed by atoms with Crippen molar-refractivity contribution in [2.45, 2.75) is 18.9 Å². The number of carbonyl (C=O) groups excluding carboxylic acids is 1. The number of carbonyl (C=O) groups is 1. The van der Waals surface area contributed by atoms with Gasteiger partial charge < -0.3 is 9.64 Å². The standard InChI is InChI=1S/C18H23N3O4S/c1-20-12-15(11-19-20)17-13-26(23,24)10-9-21(17)18(22)8-5-14-3-6-16(25-2)7-4-14/h3-4,6-7,11-12,17H,5,8-10,13H2,1-2H3/t17-/m0/s1. The summed E-state index contributed by atoms with van der Waals surface area (Å²) in [5.41, 5.74) is 1.80. The van der Waals surface area contributed by atoms with E-state index in [1.54, 1.807) is 36.1 Å². The summed E-state index contributed by atoms with van der Waals surface area (Å²) in [4.78, 5) is 14.5. The van der Waals surface area contributed by atoms with Crippen molar-refractivity contribution in [2.75, 3.05) is 25.2 Å². The number of hydrogen-bond acceptors (Lipinski definition) is 5. The third-order valence-corrected chi connectivity index (χ3v) is 6.28. The number of methoxy groups -OCH3 is 1. The molecule has 1 aromatic carbocycles. The van der Waals surface area contributed by atoms with Gasteiger partial charge in [0.15, 0.2) is 9.84 Å². The minimum atomic E-state index is -3.16. The zero-order chi connectivity index (χ0) is 18.7. The van der Waals surface area contributed by atoms with Crippen molar-refractivity contribution in [3.63, 3.8) is 0 Å². The third kappa shape index (κ3) is 4.24. The van der Waals surface area contributed by atoms with E-state index in [9.17, 15) is 13.2 Å². The van der Waals surface area contributed by atoms with E-state index in [2.05, 4.69) is 5.10 Å². The number of rotatable bonds is 5. The molecule has 26 heavy (non-hydrogen) atoms. The van der Waals surface area contributed by atoms with Crippen molar-refractivity contribution in [2.24, 2.45) is 7.05 Å². The number of benzene rings is 1. The molecule has 1 aliphatic heterocycles. The van der Waals surface area contributed by atoms with Crippen LogP contribution in [0, 0.1) is 0 Å². The van der Waals surface area contributed by atoms with Crippen molar-refractivity contribution < 1.29 is 17.9 Å². The average molecular weight is 377 g/mol. The van der Waals surface area contributed by atoms with Crippen molar-refractivity contribution >= 4 is 15.7 Å². The lowest BCUT2D eigenvalue weighted by molar-refractivity contribution is -0.133. The maximum atomic E-state index is 12.8. The molecule has 1 aromatic heterocycles. The highest BCUT2D eigenvalue weighted by Crippen LogP contribution is 2.27. The molecule has 0 unspecified atom stereocenters. The first-order valence-electron chi connectivity index (χ1n) is 8.49. The van der Waals surface area contributed by atoms with Crippen molar-refractivity contribution in [1.29, 1.82) is 0 Å². The van der Waals surface area contributed by atoms with Gasteiger partial charge in [0.05, 0.1) is 30.9 Å². The molecule has 0 spiro atoms. The lowest BCUT2D eigenvalue weighted by atomic mass is 10.1. The molecule has 2 heterocycles. The zero-order valence-electron chi connectivity index (χ0n) is 15.0. The summed E-state index contributed by atoms with van der Waals surface area (Å²) in [5.74, 6) is 0.702. The molecule has 0 radical (unpaired) electrons. The van der Waals surface area contributed by atoms with Crippen LogP contribution < -0.4 is 4.74 Å². The molecule has 1 aliphatic rings. The molecule has 2 aromatic rings. The molecule has 7 nitrogen and oxygen atoms in total. The fourth-order valence-corrected chi connectivity index (χ4v) is 4.68. The predicted octanol–water partition coefficient (Wildman–Crippen LogP) is 1.36. The monoisotopic (exact) mass is 377 g/mol. The van der Waals surface area contributed by atoms with Gasteiger partial charge in [0.1, 0.15) is 5.75 Å². The quantitative estimate of drug-likeness (QED) is 0.786. The smallest absolute Gasteiger partial charge is 0.223 e. The largest absolute Gasteiger partial charge is 0.497 e. The molecule has 0 bridgehead atoms. The second-order valence-corrected chi connectivity index (χ2v) is 8.74. The van der Waals surface area contributed by atoms with Gasteiger partial charge in [-0.15, -0.1) is 0 Å². The van der Waals surface area contributed by atoms with Crippen molar-refractivity contribution in [1.82, 2.24) is 14.7 Å². The Kier molecular flexibility index (Phi) is 5.31. The van der Waals surface area contributed by atoms with Crippen molar-refractivity contribution in [3.05, 3.63) is 47.8 Å². The number of nitrogens with zero attached hydrogens (tertiary/aromatic N) is 3. The third-order valence-electron chi connectivity index (χ3n) is 4.65. The molecule has 1 atom stereocenters. The van der Waals surface area contributed by atoms with E-state index in [1.165, 1.54) is 0 Å². The fourth-order valence-electron chi connectivity index (χ4n) is 3.18. The maximum Gasteiger partial charge on any atom is 0.223 e. The van der Waals surface area contributed by atoms with E-state index >= 15 is 0 Å². The normalized spacial score (nSPS) is 19.3. The Bertz CT molecular complexity index is 874. The van der Waals surface area contributed by atoms with Gasteiger partial charge in [0.2, 0.25) is 5.91 Å². The lowest BCUT2D eigenvalue weighted by Gasteiger charge is -2.35. The number of amides is 1. The molecule has 1 saturated heterocycles. The summed E-state index contributed by atoms with van der Waals surface area (Å²) in [6, 6.07) is 7.14. The second-order valence-electron chi connectivity index (χ2n) is 6.51. The molecular weight excluding hydrogens is 354 g/mol. The number of ether oxygens (including phenoxy) is 1. The second kappa shape index (κ2) is 7.49. The molecule has 1 fully saturated rings. The van der Waals surface area contributed by atoms with Gasteiger partial charge in [-0.25, -0.2) is 8.42 Å². The number of aromatic nitrogens is 2. The first-order chi connectivity index (χ1) is 12.4. The van der Waals surface area contributed by atoms with Gasteiger partial charge in [-0.3, -0.25) is 9.48 Å². The Labute approximate surface area is 153 Å². The van der Waals surface area contributed by atoms with Crippen LogP contribution in [0.4, 0.5) is 0 Å². The van der Waals surface area contributed by atoms with Crippen LogP contribution in [0.1, 0.15) is 23.6 Å². The number of sulfone groups is 1. The summed E-state index contributed by atoms with van der Waals surface area (Å²) < 4.78 is 30.9. The van der Waals surface area contributed by atoms with Crippen LogP contribution in [0.5, 0.6) is 5.75 Å². The van der Waals surface area contributed by atoms with E-state index < -0.39 is 15.9 Å². The van der Waals surface area contributed by atoms with Gasteiger partial charge in [0, 0.05) is 31.8 Å². The summed E-state index contributed by atoms with van der Waals surface area (Å²) in [6.07, 6.45) is 4.35. The predicted molar refractivity (Wildman–Crippen MR) is 97.6 cm³/mol. The molecule has 0 N–H and O–H groups in total. The van der Waals surface area contributed by atoms with Crippen LogP contribution in [0.15, 0.2) is 36.7 Å². The topological polar surface area (TPSA) is 81.5 Å². The first-order valence-corrected chi connectivity index (χ1v) is 10.3. The molecule has 8 heteroatoms. The highest BCUT2D eigenvalue weighted by atomic mass is 32.2. The highest BCUT2D eigenvalue weighted by Gasteiger charge is 2.35. The minimum Gasteiger partial charge on any atom is -0.497 e. The molecular formula is C18H23N3O4S. The van der Waals surface area contributed by atoms with Gasteiger partial charge in [-0.05, 0) is 24.1 Å². The molecule has 1 amide bonds. The Balaban J connectivity index is 1.71. The highest BCUT2D eigenvalue weighted by molar-refractivity contribution is 7.91. The van der Waals surface area contributed by atoms with Crippen LogP contribution in [-0.2, 0) is 28.1 Å². The Hall–Kier alpha value is -2.35.